The predicted molar refractivity (Wildman–Crippen MR) is 88.4 cm³/mol. The highest BCUT2D eigenvalue weighted by Gasteiger charge is 2.37. The van der Waals surface area contributed by atoms with Crippen molar-refractivity contribution in [3.8, 4) is 5.75 Å². The van der Waals surface area contributed by atoms with Crippen LogP contribution in [0.3, 0.4) is 0 Å². The van der Waals surface area contributed by atoms with E-state index in [-0.39, 0.29) is 12.1 Å². The molecule has 25 heavy (non-hydrogen) atoms. The molecule has 4 nitrogen and oxygen atoms in total. The van der Waals surface area contributed by atoms with E-state index in [9.17, 15) is 18.7 Å². The number of likely N-dealkylation sites (tertiary alicyclic amines) is 1. The number of methoxy groups -OCH3 is 1. The van der Waals surface area contributed by atoms with Gasteiger partial charge in [-0.2, -0.15) is 0 Å². The Hall–Kier alpha value is -2.47. The third-order valence-corrected chi connectivity index (χ3v) is 4.55. The lowest BCUT2D eigenvalue weighted by atomic mass is 9.85. The first-order valence-corrected chi connectivity index (χ1v) is 8.05. The summed E-state index contributed by atoms with van der Waals surface area (Å²) in [6, 6.07) is 10.5. The highest BCUT2D eigenvalue weighted by molar-refractivity contribution is 5.94. The summed E-state index contributed by atoms with van der Waals surface area (Å²) in [6.45, 7) is 0.385. The number of carbonyl (C=O) groups excluding carboxylic acids is 1. The van der Waals surface area contributed by atoms with Gasteiger partial charge in [0.15, 0.2) is 11.6 Å². The predicted octanol–water partition coefficient (Wildman–Crippen LogP) is 3.10. The Morgan fingerprint density at radius 3 is 2.76 bits per heavy atom. The van der Waals surface area contributed by atoms with Crippen LogP contribution in [0.2, 0.25) is 0 Å². The highest BCUT2D eigenvalue weighted by Crippen LogP contribution is 2.34. The highest BCUT2D eigenvalue weighted by atomic mass is 19.2. The lowest BCUT2D eigenvalue weighted by molar-refractivity contribution is -0.0291. The fraction of sp³-hybridized carbons (Fsp3) is 0.316. The zero-order valence-corrected chi connectivity index (χ0v) is 13.8. The van der Waals surface area contributed by atoms with Crippen LogP contribution in [0.5, 0.6) is 5.75 Å². The number of piperidine rings is 1. The molecule has 1 aliphatic rings. The van der Waals surface area contributed by atoms with Crippen molar-refractivity contribution >= 4 is 5.91 Å². The van der Waals surface area contributed by atoms with Crippen LogP contribution in [0.25, 0.3) is 0 Å². The average Bonchev–Trinajstić information content (AvgIpc) is 2.63. The molecule has 1 N–H and O–H groups in total. The molecule has 2 aromatic carbocycles. The summed E-state index contributed by atoms with van der Waals surface area (Å²) in [5, 5.41) is 11.0. The monoisotopic (exact) mass is 347 g/mol. The van der Waals surface area contributed by atoms with Crippen molar-refractivity contribution in [1.82, 2.24) is 4.90 Å². The zero-order valence-electron chi connectivity index (χ0n) is 13.8. The van der Waals surface area contributed by atoms with Gasteiger partial charge >= 0.3 is 0 Å². The second-order valence-corrected chi connectivity index (χ2v) is 6.20. The van der Waals surface area contributed by atoms with E-state index >= 15 is 0 Å². The molecule has 1 fully saturated rings. The molecule has 0 radical (unpaired) electrons. The standard InChI is InChI=1S/C19H19F2NO3/c1-25-14-6-2-5-13(11-14)19(24)9-4-10-22(12-19)18(23)15-7-3-8-16(20)17(15)21/h2-3,5-8,11,24H,4,9-10,12H2,1H3. The van der Waals surface area contributed by atoms with Crippen molar-refractivity contribution < 1.29 is 23.4 Å². The number of hydrogen-bond acceptors (Lipinski definition) is 3. The number of carbonyl (C=O) groups is 1. The molecule has 1 unspecified atom stereocenters. The van der Waals surface area contributed by atoms with Gasteiger partial charge in [0.2, 0.25) is 0 Å². The average molecular weight is 347 g/mol. The molecular formula is C19H19F2NO3. The van der Waals surface area contributed by atoms with Gasteiger partial charge in [-0.05, 0) is 42.7 Å². The maximum absolute atomic E-state index is 13.9. The van der Waals surface area contributed by atoms with E-state index in [1.807, 2.05) is 0 Å². The van der Waals surface area contributed by atoms with E-state index in [0.29, 0.717) is 30.7 Å². The van der Waals surface area contributed by atoms with Crippen LogP contribution in [0.1, 0.15) is 28.8 Å². The molecular weight excluding hydrogens is 328 g/mol. The Kier molecular flexibility index (Phi) is 4.72. The van der Waals surface area contributed by atoms with Gasteiger partial charge in [0.25, 0.3) is 5.91 Å². The lowest BCUT2D eigenvalue weighted by Crippen LogP contribution is -2.48. The molecule has 2 aromatic rings. The molecule has 0 spiro atoms. The number of β-amino-alcohol motifs (C(OH)–C–C–N with tert-alkyl or cyclic N) is 1. The smallest absolute Gasteiger partial charge is 0.257 e. The minimum Gasteiger partial charge on any atom is -0.497 e. The van der Waals surface area contributed by atoms with E-state index < -0.39 is 23.1 Å². The lowest BCUT2D eigenvalue weighted by Gasteiger charge is -2.39. The third kappa shape index (κ3) is 3.35. The fourth-order valence-corrected chi connectivity index (χ4v) is 3.20. The molecule has 0 bridgehead atoms. The van der Waals surface area contributed by atoms with Crippen molar-refractivity contribution in [2.75, 3.05) is 20.2 Å². The Balaban J connectivity index is 1.87. The third-order valence-electron chi connectivity index (χ3n) is 4.55. The molecule has 0 aliphatic carbocycles. The van der Waals surface area contributed by atoms with Crippen molar-refractivity contribution in [2.45, 2.75) is 18.4 Å². The quantitative estimate of drug-likeness (QED) is 0.928. The van der Waals surface area contributed by atoms with Crippen molar-refractivity contribution in [1.29, 1.82) is 0 Å². The van der Waals surface area contributed by atoms with Gasteiger partial charge in [0, 0.05) is 6.54 Å². The number of halogens is 2. The Labute approximate surface area is 144 Å². The maximum Gasteiger partial charge on any atom is 0.257 e. The van der Waals surface area contributed by atoms with Gasteiger partial charge in [0.1, 0.15) is 11.4 Å². The normalized spacial score (nSPS) is 20.4. The van der Waals surface area contributed by atoms with Crippen LogP contribution >= 0.6 is 0 Å². The van der Waals surface area contributed by atoms with Crippen LogP contribution in [-0.4, -0.2) is 36.1 Å². The zero-order chi connectivity index (χ0) is 18.0. The molecule has 1 amide bonds. The molecule has 132 valence electrons. The summed E-state index contributed by atoms with van der Waals surface area (Å²) in [4.78, 5) is 14.0. The van der Waals surface area contributed by atoms with Gasteiger partial charge in [-0.25, -0.2) is 8.78 Å². The first-order chi connectivity index (χ1) is 11.9. The number of nitrogens with zero attached hydrogens (tertiary/aromatic N) is 1. The fourth-order valence-electron chi connectivity index (χ4n) is 3.20. The molecule has 6 heteroatoms. The van der Waals surface area contributed by atoms with Gasteiger partial charge in [-0.15, -0.1) is 0 Å². The van der Waals surface area contributed by atoms with Crippen LogP contribution < -0.4 is 4.74 Å². The summed E-state index contributed by atoms with van der Waals surface area (Å²) < 4.78 is 32.5. The molecule has 0 saturated carbocycles. The van der Waals surface area contributed by atoms with E-state index in [1.165, 1.54) is 24.1 Å². The molecule has 0 aromatic heterocycles. The number of benzene rings is 2. The molecule has 3 rings (SSSR count). The van der Waals surface area contributed by atoms with Crippen molar-refractivity contribution in [3.05, 3.63) is 65.2 Å². The summed E-state index contributed by atoms with van der Waals surface area (Å²) in [7, 11) is 1.53. The Morgan fingerprint density at radius 1 is 1.24 bits per heavy atom. The van der Waals surface area contributed by atoms with E-state index in [1.54, 1.807) is 24.3 Å². The maximum atomic E-state index is 13.9. The second kappa shape index (κ2) is 6.80. The molecule has 1 aliphatic heterocycles. The first kappa shape index (κ1) is 17.4. The first-order valence-electron chi connectivity index (χ1n) is 8.05. The minimum absolute atomic E-state index is 0.00888. The topological polar surface area (TPSA) is 49.8 Å². The summed E-state index contributed by atoms with van der Waals surface area (Å²) >= 11 is 0. The number of rotatable bonds is 3. The SMILES string of the molecule is COc1cccc(C2(O)CCCN(C(=O)c3cccc(F)c3F)C2)c1. The minimum atomic E-state index is -1.26. The van der Waals surface area contributed by atoms with E-state index in [2.05, 4.69) is 0 Å². The molecule has 1 heterocycles. The summed E-state index contributed by atoms with van der Waals surface area (Å²) in [5.74, 6) is -2.25. The second-order valence-electron chi connectivity index (χ2n) is 6.20. The van der Waals surface area contributed by atoms with Gasteiger partial charge < -0.3 is 14.7 Å². The largest absolute Gasteiger partial charge is 0.497 e. The molecule has 1 saturated heterocycles. The summed E-state index contributed by atoms with van der Waals surface area (Å²) in [6.07, 6.45) is 1.02. The van der Waals surface area contributed by atoms with Crippen LogP contribution in [0, 0.1) is 11.6 Å². The van der Waals surface area contributed by atoms with Gasteiger partial charge in [0.05, 0.1) is 19.2 Å². The summed E-state index contributed by atoms with van der Waals surface area (Å²) in [5.41, 5.74) is -0.953. The van der Waals surface area contributed by atoms with Crippen molar-refractivity contribution in [2.24, 2.45) is 0 Å². The van der Waals surface area contributed by atoms with E-state index in [0.717, 1.165) is 6.07 Å². The number of amides is 1. The van der Waals surface area contributed by atoms with Gasteiger partial charge in [-0.1, -0.05) is 18.2 Å². The van der Waals surface area contributed by atoms with Crippen LogP contribution in [0.15, 0.2) is 42.5 Å². The number of ether oxygens (including phenoxy) is 1. The van der Waals surface area contributed by atoms with E-state index in [4.69, 9.17) is 4.74 Å². The van der Waals surface area contributed by atoms with Crippen LogP contribution in [-0.2, 0) is 5.60 Å². The number of hydrogen-bond donors (Lipinski definition) is 1. The van der Waals surface area contributed by atoms with Crippen molar-refractivity contribution in [3.63, 3.8) is 0 Å². The van der Waals surface area contributed by atoms with Crippen LogP contribution in [0.4, 0.5) is 8.78 Å². The number of aliphatic hydroxyl groups is 1. The molecule has 1 atom stereocenters. The Morgan fingerprint density at radius 2 is 2.00 bits per heavy atom. The Bertz CT molecular complexity index is 796. The van der Waals surface area contributed by atoms with Gasteiger partial charge in [-0.3, -0.25) is 4.79 Å².